The number of fused-ring (bicyclic) bond motifs is 1. The molecule has 0 saturated carbocycles. The molecule has 2 aromatic carbocycles. The van der Waals surface area contributed by atoms with Crippen LogP contribution >= 0.6 is 11.3 Å². The van der Waals surface area contributed by atoms with Crippen molar-refractivity contribution in [3.05, 3.63) is 93.8 Å². The molecule has 0 aliphatic heterocycles. The Kier molecular flexibility index (Phi) is 7.37. The molecule has 5 nitrogen and oxygen atoms in total. The number of hydrogen-bond donors (Lipinski definition) is 1. The van der Waals surface area contributed by atoms with Gasteiger partial charge in [-0.25, -0.2) is 0 Å². The van der Waals surface area contributed by atoms with Crippen molar-refractivity contribution < 1.29 is 9.53 Å². The second kappa shape index (κ2) is 10.6. The summed E-state index contributed by atoms with van der Waals surface area (Å²) in [5.74, 6) is 0.752. The molecule has 0 spiro atoms. The predicted octanol–water partition coefficient (Wildman–Crippen LogP) is 5.43. The van der Waals surface area contributed by atoms with Gasteiger partial charge in [-0.05, 0) is 74.5 Å². The third-order valence-electron chi connectivity index (χ3n) is 5.35. The van der Waals surface area contributed by atoms with Gasteiger partial charge in [-0.15, -0.1) is 11.3 Å². The van der Waals surface area contributed by atoms with Crippen molar-refractivity contribution in [2.45, 2.75) is 33.0 Å². The minimum atomic E-state index is -0.120. The lowest BCUT2D eigenvalue weighted by Gasteiger charge is -2.18. The van der Waals surface area contributed by atoms with Crippen LogP contribution in [-0.4, -0.2) is 35.5 Å². The van der Waals surface area contributed by atoms with Gasteiger partial charge in [0, 0.05) is 29.5 Å². The molecule has 1 unspecified atom stereocenters. The molecule has 0 fully saturated rings. The van der Waals surface area contributed by atoms with Crippen LogP contribution in [0, 0.1) is 6.92 Å². The Balaban J connectivity index is 1.25. The molecule has 170 valence electrons. The highest BCUT2D eigenvalue weighted by molar-refractivity contribution is 7.13. The van der Waals surface area contributed by atoms with E-state index in [2.05, 4.69) is 58.6 Å². The van der Waals surface area contributed by atoms with Crippen molar-refractivity contribution in [3.63, 3.8) is 0 Å². The lowest BCUT2D eigenvalue weighted by molar-refractivity contribution is 0.0936. The van der Waals surface area contributed by atoms with Gasteiger partial charge < -0.3 is 10.1 Å². The molecule has 0 aliphatic carbocycles. The number of rotatable bonds is 9. The zero-order chi connectivity index (χ0) is 23.2. The summed E-state index contributed by atoms with van der Waals surface area (Å²) in [7, 11) is 2.12. The highest BCUT2D eigenvalue weighted by atomic mass is 32.1. The molecular weight excluding hydrogens is 430 g/mol. The number of hydrogen-bond acceptors (Lipinski definition) is 5. The van der Waals surface area contributed by atoms with Crippen LogP contribution in [0.2, 0.25) is 0 Å². The number of aromatic nitrogens is 1. The quantitative estimate of drug-likeness (QED) is 0.362. The fraction of sp³-hybridized carbons (Fsp3) is 0.259. The van der Waals surface area contributed by atoms with Crippen molar-refractivity contribution in [3.8, 4) is 5.75 Å². The first kappa shape index (κ1) is 23.0. The van der Waals surface area contributed by atoms with Crippen LogP contribution in [0.1, 0.15) is 32.6 Å². The molecule has 4 aromatic rings. The highest BCUT2D eigenvalue weighted by Gasteiger charge is 2.11. The number of aryl methyl sites for hydroxylation is 1. The first-order valence-electron chi connectivity index (χ1n) is 11.1. The zero-order valence-electron chi connectivity index (χ0n) is 19.2. The van der Waals surface area contributed by atoms with Crippen LogP contribution in [0.4, 0.5) is 0 Å². The zero-order valence-corrected chi connectivity index (χ0v) is 20.1. The van der Waals surface area contributed by atoms with Crippen LogP contribution in [0.5, 0.6) is 5.75 Å². The molecular formula is C27H29N3O2S. The fourth-order valence-electron chi connectivity index (χ4n) is 3.73. The standard InChI is InChI=1S/C27H29N3O2S/c1-19(16-29-27(31)26-13-6-20(2)33-26)32-24-10-7-21(8-11-24)17-30(3)18-22-9-12-25-23(15-22)5-4-14-28-25/h4-15,19H,16-18H2,1-3H3,(H,29,31). The topological polar surface area (TPSA) is 54.5 Å². The Morgan fingerprint density at radius 3 is 2.58 bits per heavy atom. The first-order chi connectivity index (χ1) is 16.0. The van der Waals surface area contributed by atoms with Gasteiger partial charge in [-0.2, -0.15) is 0 Å². The summed E-state index contributed by atoms with van der Waals surface area (Å²) in [6.45, 7) is 6.12. The van der Waals surface area contributed by atoms with E-state index in [1.165, 1.54) is 27.8 Å². The smallest absolute Gasteiger partial charge is 0.261 e. The molecule has 1 N–H and O–H groups in total. The third-order valence-corrected chi connectivity index (χ3v) is 6.35. The number of carbonyl (C=O) groups is 1. The Hall–Kier alpha value is -3.22. The van der Waals surface area contributed by atoms with Gasteiger partial charge in [0.25, 0.3) is 5.91 Å². The number of thiophene rings is 1. The van der Waals surface area contributed by atoms with Crippen LogP contribution in [-0.2, 0) is 13.1 Å². The molecule has 6 heteroatoms. The van der Waals surface area contributed by atoms with Gasteiger partial charge >= 0.3 is 0 Å². The number of nitrogens with zero attached hydrogens (tertiary/aromatic N) is 2. The largest absolute Gasteiger partial charge is 0.489 e. The summed E-state index contributed by atoms with van der Waals surface area (Å²) in [6, 6.07) is 22.5. The van der Waals surface area contributed by atoms with E-state index in [4.69, 9.17) is 4.74 Å². The normalized spacial score (nSPS) is 12.1. The average Bonchev–Trinajstić information content (AvgIpc) is 3.25. The fourth-order valence-corrected chi connectivity index (χ4v) is 4.51. The van der Waals surface area contributed by atoms with Gasteiger partial charge in [0.2, 0.25) is 0 Å². The number of carbonyl (C=O) groups excluding carboxylic acids is 1. The van der Waals surface area contributed by atoms with E-state index in [9.17, 15) is 4.79 Å². The Morgan fingerprint density at radius 2 is 1.82 bits per heavy atom. The van der Waals surface area contributed by atoms with Crippen molar-refractivity contribution in [2.75, 3.05) is 13.6 Å². The summed E-state index contributed by atoms with van der Waals surface area (Å²) in [4.78, 5) is 20.7. The Labute approximate surface area is 199 Å². The summed E-state index contributed by atoms with van der Waals surface area (Å²) in [5, 5.41) is 4.11. The summed E-state index contributed by atoms with van der Waals surface area (Å²) >= 11 is 1.50. The second-order valence-electron chi connectivity index (χ2n) is 8.40. The molecule has 0 saturated heterocycles. The lowest BCUT2D eigenvalue weighted by atomic mass is 10.1. The van der Waals surface area contributed by atoms with Crippen molar-refractivity contribution in [2.24, 2.45) is 0 Å². The SMILES string of the molecule is Cc1ccc(C(=O)NCC(C)Oc2ccc(CN(C)Cc3ccc4ncccc4c3)cc2)s1. The monoisotopic (exact) mass is 459 g/mol. The van der Waals surface area contributed by atoms with E-state index in [0.29, 0.717) is 6.54 Å². The van der Waals surface area contributed by atoms with Crippen LogP contribution in [0.15, 0.2) is 72.9 Å². The maximum atomic E-state index is 12.2. The molecule has 1 atom stereocenters. The molecule has 4 rings (SSSR count). The first-order valence-corrected chi connectivity index (χ1v) is 11.9. The number of amides is 1. The van der Waals surface area contributed by atoms with Gasteiger partial charge in [-0.3, -0.25) is 14.7 Å². The summed E-state index contributed by atoms with van der Waals surface area (Å²) in [6.07, 6.45) is 1.70. The molecule has 0 bridgehead atoms. The molecule has 0 aliphatic rings. The predicted molar refractivity (Wildman–Crippen MR) is 135 cm³/mol. The minimum absolute atomic E-state index is 0.0513. The van der Waals surface area contributed by atoms with E-state index in [0.717, 1.165) is 34.1 Å². The second-order valence-corrected chi connectivity index (χ2v) is 9.68. The number of ether oxygens (including phenoxy) is 1. The maximum absolute atomic E-state index is 12.2. The van der Waals surface area contributed by atoms with Crippen molar-refractivity contribution in [1.29, 1.82) is 0 Å². The van der Waals surface area contributed by atoms with Gasteiger partial charge in [0.05, 0.1) is 16.9 Å². The van der Waals surface area contributed by atoms with Gasteiger partial charge in [0.1, 0.15) is 11.9 Å². The van der Waals surface area contributed by atoms with Gasteiger partial charge in [0.15, 0.2) is 0 Å². The molecule has 1 amide bonds. The van der Waals surface area contributed by atoms with Crippen LogP contribution < -0.4 is 10.1 Å². The minimum Gasteiger partial charge on any atom is -0.489 e. The van der Waals surface area contributed by atoms with E-state index in [1.54, 1.807) is 0 Å². The maximum Gasteiger partial charge on any atom is 0.261 e. The highest BCUT2D eigenvalue weighted by Crippen LogP contribution is 2.18. The Morgan fingerprint density at radius 1 is 1.06 bits per heavy atom. The van der Waals surface area contributed by atoms with Crippen LogP contribution in [0.3, 0.4) is 0 Å². The number of benzene rings is 2. The average molecular weight is 460 g/mol. The van der Waals surface area contributed by atoms with E-state index in [1.807, 2.05) is 50.4 Å². The van der Waals surface area contributed by atoms with Crippen LogP contribution in [0.25, 0.3) is 10.9 Å². The molecule has 2 heterocycles. The number of pyridine rings is 1. The van der Waals surface area contributed by atoms with Crippen molar-refractivity contribution >= 4 is 28.1 Å². The molecule has 0 radical (unpaired) electrons. The number of nitrogens with one attached hydrogen (secondary N) is 1. The van der Waals surface area contributed by atoms with E-state index < -0.39 is 0 Å². The van der Waals surface area contributed by atoms with E-state index >= 15 is 0 Å². The van der Waals surface area contributed by atoms with Gasteiger partial charge in [-0.1, -0.05) is 24.3 Å². The van der Waals surface area contributed by atoms with Crippen molar-refractivity contribution in [1.82, 2.24) is 15.2 Å². The molecule has 33 heavy (non-hydrogen) atoms. The third kappa shape index (κ3) is 6.40. The Bertz CT molecular complexity index is 1220. The molecule has 2 aromatic heterocycles. The lowest BCUT2D eigenvalue weighted by Crippen LogP contribution is -2.33. The summed E-state index contributed by atoms with van der Waals surface area (Å²) in [5.41, 5.74) is 3.52. The summed E-state index contributed by atoms with van der Waals surface area (Å²) < 4.78 is 5.97. The van der Waals surface area contributed by atoms with E-state index in [-0.39, 0.29) is 12.0 Å².